The van der Waals surface area contributed by atoms with Gasteiger partial charge in [-0.05, 0) is 53.9 Å². The summed E-state index contributed by atoms with van der Waals surface area (Å²) in [6, 6.07) is 16.5. The van der Waals surface area contributed by atoms with E-state index in [-0.39, 0.29) is 42.7 Å². The minimum Gasteiger partial charge on any atom is -0.481 e. The number of amides is 2. The summed E-state index contributed by atoms with van der Waals surface area (Å²) in [5, 5.41) is 11.8. The standard InChI is InChI=1S/C27H30N2O5/c30-25(31)12-11-18-6-5-13-29(18)26(32)23-14-17(23)15-28-27(33)34-16-24-21-9-3-1-7-19(21)20-8-2-4-10-22(20)24/h1-4,7-10,17-18,23-24H,5-6,11-16H2,(H,28,33)(H,30,31). The van der Waals surface area contributed by atoms with Crippen molar-refractivity contribution in [2.24, 2.45) is 11.8 Å². The van der Waals surface area contributed by atoms with E-state index in [0.29, 0.717) is 19.5 Å². The number of fused-ring (bicyclic) bond motifs is 3. The van der Waals surface area contributed by atoms with Gasteiger partial charge in [0, 0.05) is 37.4 Å². The molecule has 5 rings (SSSR count). The zero-order valence-electron chi connectivity index (χ0n) is 19.1. The molecule has 1 saturated heterocycles. The van der Waals surface area contributed by atoms with E-state index < -0.39 is 12.1 Å². The molecule has 3 aliphatic rings. The van der Waals surface area contributed by atoms with Crippen LogP contribution < -0.4 is 5.32 Å². The number of alkyl carbamates (subject to hydrolysis) is 1. The van der Waals surface area contributed by atoms with Gasteiger partial charge in [0.15, 0.2) is 0 Å². The molecule has 1 aliphatic heterocycles. The topological polar surface area (TPSA) is 95.9 Å². The largest absolute Gasteiger partial charge is 0.481 e. The zero-order chi connectivity index (χ0) is 23.7. The Kier molecular flexibility index (Phi) is 6.26. The van der Waals surface area contributed by atoms with Crippen LogP contribution in [0.25, 0.3) is 11.1 Å². The molecule has 178 valence electrons. The monoisotopic (exact) mass is 462 g/mol. The molecular formula is C27H30N2O5. The molecule has 0 aromatic heterocycles. The highest BCUT2D eigenvalue weighted by Crippen LogP contribution is 2.44. The van der Waals surface area contributed by atoms with E-state index in [2.05, 4.69) is 29.6 Å². The van der Waals surface area contributed by atoms with Gasteiger partial charge in [0.25, 0.3) is 0 Å². The van der Waals surface area contributed by atoms with Crippen LogP contribution in [0.1, 0.15) is 49.1 Å². The van der Waals surface area contributed by atoms with Gasteiger partial charge < -0.3 is 20.1 Å². The summed E-state index contributed by atoms with van der Waals surface area (Å²) in [5.74, 6) is -0.664. The summed E-state index contributed by atoms with van der Waals surface area (Å²) in [6.45, 7) is 1.39. The number of carboxylic acids is 1. The average Bonchev–Trinajstić information content (AvgIpc) is 3.34. The average molecular weight is 463 g/mol. The lowest BCUT2D eigenvalue weighted by Gasteiger charge is -2.24. The quantitative estimate of drug-likeness (QED) is 0.618. The van der Waals surface area contributed by atoms with Gasteiger partial charge in [0.2, 0.25) is 5.91 Å². The Balaban J connectivity index is 1.09. The molecule has 0 spiro atoms. The van der Waals surface area contributed by atoms with Crippen molar-refractivity contribution >= 4 is 18.0 Å². The third-order valence-corrected chi connectivity index (χ3v) is 7.44. The fraction of sp³-hybridized carbons (Fsp3) is 0.444. The minimum atomic E-state index is -0.823. The Morgan fingerprint density at radius 1 is 1.03 bits per heavy atom. The van der Waals surface area contributed by atoms with Gasteiger partial charge in [-0.15, -0.1) is 0 Å². The Labute approximate surface area is 199 Å². The number of hydrogen-bond acceptors (Lipinski definition) is 4. The van der Waals surface area contributed by atoms with Crippen molar-refractivity contribution in [1.29, 1.82) is 0 Å². The molecule has 2 aromatic rings. The lowest BCUT2D eigenvalue weighted by atomic mass is 9.98. The number of likely N-dealkylation sites (tertiary alicyclic amines) is 1. The van der Waals surface area contributed by atoms with Crippen LogP contribution in [0.4, 0.5) is 4.79 Å². The lowest BCUT2D eigenvalue weighted by molar-refractivity contribution is -0.139. The Bertz CT molecular complexity index is 1050. The number of benzene rings is 2. The third-order valence-electron chi connectivity index (χ3n) is 7.44. The van der Waals surface area contributed by atoms with Gasteiger partial charge in [-0.2, -0.15) is 0 Å². The maximum absolute atomic E-state index is 12.9. The number of aliphatic carboxylic acids is 1. The molecule has 7 heteroatoms. The molecule has 34 heavy (non-hydrogen) atoms. The van der Waals surface area contributed by atoms with E-state index in [9.17, 15) is 14.4 Å². The first-order valence-corrected chi connectivity index (χ1v) is 12.1. The van der Waals surface area contributed by atoms with E-state index in [1.807, 2.05) is 29.2 Å². The van der Waals surface area contributed by atoms with Crippen LogP contribution in [-0.4, -0.2) is 53.7 Å². The van der Waals surface area contributed by atoms with Crippen LogP contribution >= 0.6 is 0 Å². The molecular weight excluding hydrogens is 432 g/mol. The summed E-state index contributed by atoms with van der Waals surface area (Å²) in [4.78, 5) is 38.0. The lowest BCUT2D eigenvalue weighted by Crippen LogP contribution is -2.38. The number of carboxylic acid groups (broad SMARTS) is 1. The molecule has 1 heterocycles. The summed E-state index contributed by atoms with van der Waals surface area (Å²) in [7, 11) is 0. The number of nitrogens with zero attached hydrogens (tertiary/aromatic N) is 1. The van der Waals surface area contributed by atoms with Crippen LogP contribution in [0.2, 0.25) is 0 Å². The van der Waals surface area contributed by atoms with E-state index in [0.717, 1.165) is 19.3 Å². The molecule has 1 saturated carbocycles. The van der Waals surface area contributed by atoms with Crippen molar-refractivity contribution in [3.05, 3.63) is 59.7 Å². The number of carbonyl (C=O) groups excluding carboxylic acids is 2. The van der Waals surface area contributed by atoms with Crippen LogP contribution in [0.15, 0.2) is 48.5 Å². The third kappa shape index (κ3) is 4.52. The van der Waals surface area contributed by atoms with Crippen LogP contribution in [0, 0.1) is 11.8 Å². The number of hydrogen-bond donors (Lipinski definition) is 2. The molecule has 3 atom stereocenters. The minimum absolute atomic E-state index is 0.0197. The Morgan fingerprint density at radius 3 is 2.38 bits per heavy atom. The molecule has 0 radical (unpaired) electrons. The second kappa shape index (κ2) is 9.49. The summed E-state index contributed by atoms with van der Waals surface area (Å²) >= 11 is 0. The first-order chi connectivity index (χ1) is 16.5. The van der Waals surface area contributed by atoms with Crippen molar-refractivity contribution in [1.82, 2.24) is 10.2 Å². The predicted molar refractivity (Wildman–Crippen MR) is 126 cm³/mol. The first kappa shape index (κ1) is 22.4. The maximum Gasteiger partial charge on any atom is 0.407 e. The van der Waals surface area contributed by atoms with Crippen molar-refractivity contribution < 1.29 is 24.2 Å². The predicted octanol–water partition coefficient (Wildman–Crippen LogP) is 4.02. The van der Waals surface area contributed by atoms with E-state index in [1.54, 1.807) is 0 Å². The van der Waals surface area contributed by atoms with Crippen LogP contribution in [0.5, 0.6) is 0 Å². The summed E-state index contributed by atoms with van der Waals surface area (Å²) in [6.07, 6.45) is 2.69. The highest BCUT2D eigenvalue weighted by Gasteiger charge is 2.46. The van der Waals surface area contributed by atoms with Gasteiger partial charge in [0.1, 0.15) is 6.61 Å². The molecule has 2 aliphatic carbocycles. The fourth-order valence-electron chi connectivity index (χ4n) is 5.57. The molecule has 3 unspecified atom stereocenters. The zero-order valence-corrected chi connectivity index (χ0v) is 19.1. The second-order valence-electron chi connectivity index (χ2n) is 9.57. The highest BCUT2D eigenvalue weighted by molar-refractivity contribution is 5.82. The SMILES string of the molecule is O=C(O)CCC1CCCN1C(=O)C1CC1CNC(=O)OCC1c2ccccc2-c2ccccc21. The number of nitrogens with one attached hydrogen (secondary N) is 1. The van der Waals surface area contributed by atoms with Crippen molar-refractivity contribution in [3.8, 4) is 11.1 Å². The first-order valence-electron chi connectivity index (χ1n) is 12.1. The maximum atomic E-state index is 12.9. The number of rotatable bonds is 8. The number of ether oxygens (including phenoxy) is 1. The molecule has 2 N–H and O–H groups in total. The van der Waals surface area contributed by atoms with E-state index in [1.165, 1.54) is 22.3 Å². The van der Waals surface area contributed by atoms with Crippen molar-refractivity contribution in [2.45, 2.75) is 44.1 Å². The molecule has 2 amide bonds. The van der Waals surface area contributed by atoms with Gasteiger partial charge in [-0.25, -0.2) is 4.79 Å². The smallest absolute Gasteiger partial charge is 0.407 e. The molecule has 2 aromatic carbocycles. The molecule has 2 fully saturated rings. The molecule has 7 nitrogen and oxygen atoms in total. The normalized spacial score (nSPS) is 22.7. The number of carbonyl (C=O) groups is 3. The molecule has 0 bridgehead atoms. The van der Waals surface area contributed by atoms with Gasteiger partial charge in [-0.1, -0.05) is 48.5 Å². The van der Waals surface area contributed by atoms with E-state index >= 15 is 0 Å². The van der Waals surface area contributed by atoms with Gasteiger partial charge >= 0.3 is 12.1 Å². The Morgan fingerprint density at radius 2 is 1.71 bits per heavy atom. The summed E-state index contributed by atoms with van der Waals surface area (Å²) in [5.41, 5.74) is 4.73. The Hall–Kier alpha value is -3.35. The highest BCUT2D eigenvalue weighted by atomic mass is 16.5. The van der Waals surface area contributed by atoms with Crippen molar-refractivity contribution in [2.75, 3.05) is 19.7 Å². The summed E-state index contributed by atoms with van der Waals surface area (Å²) < 4.78 is 5.58. The van der Waals surface area contributed by atoms with Gasteiger partial charge in [0.05, 0.1) is 0 Å². The van der Waals surface area contributed by atoms with Crippen molar-refractivity contribution in [3.63, 3.8) is 0 Å². The van der Waals surface area contributed by atoms with E-state index in [4.69, 9.17) is 9.84 Å². The van der Waals surface area contributed by atoms with Crippen LogP contribution in [0.3, 0.4) is 0 Å². The second-order valence-corrected chi connectivity index (χ2v) is 9.57. The van der Waals surface area contributed by atoms with Crippen LogP contribution in [-0.2, 0) is 14.3 Å². The fourth-order valence-corrected chi connectivity index (χ4v) is 5.57. The van der Waals surface area contributed by atoms with Gasteiger partial charge in [-0.3, -0.25) is 9.59 Å².